The standard InChI is InChI=1S/C75H135N2O6P/c1-6-8-10-12-14-16-18-20-22-24-26-28-30-31-32-33-34-35-36-37-38-39-40-41-42-43-44-45-47-49-51-53-55-57-59-61-63-65-67-69-75(79)76-73(72-83-84(80,81)82-71-70-77(3,4)5)74(78)68-66-64-62-60-58-56-54-52-50-48-46-29-27-25-23-21-19-17-15-13-11-9-7-2/h8,10,14,16,20,22,26,28,31-32,34-35,50,52,58,60,66,68,73-74,78H,6-7,9,11-13,15,17-19,21,23-25,27,29-30,33,36-49,51,53-57,59,61-65,67,69-72H2,1-5H3,(H-,76,79,80,81)/p+1/b10-8-,16-14-,22-20-,28-26-,32-31-,35-34-,52-50+,60-58+,68-66+. The molecule has 3 N–H and O–H groups in total. The van der Waals surface area contributed by atoms with E-state index in [1.165, 1.54) is 205 Å². The maximum Gasteiger partial charge on any atom is 0.472 e. The Bertz CT molecular complexity index is 1740. The van der Waals surface area contributed by atoms with Crippen LogP contribution in [0.2, 0.25) is 0 Å². The van der Waals surface area contributed by atoms with E-state index in [0.717, 1.165) is 83.5 Å². The number of hydrogen-bond acceptors (Lipinski definition) is 5. The van der Waals surface area contributed by atoms with Crippen molar-refractivity contribution in [2.75, 3.05) is 40.9 Å². The van der Waals surface area contributed by atoms with Crippen molar-refractivity contribution in [3.8, 4) is 0 Å². The van der Waals surface area contributed by atoms with Crippen molar-refractivity contribution in [3.63, 3.8) is 0 Å². The zero-order chi connectivity index (χ0) is 61.2. The molecule has 0 spiro atoms. The highest BCUT2D eigenvalue weighted by Gasteiger charge is 2.28. The van der Waals surface area contributed by atoms with Crippen LogP contribution in [0.15, 0.2) is 109 Å². The largest absolute Gasteiger partial charge is 0.472 e. The summed E-state index contributed by atoms with van der Waals surface area (Å²) in [5, 5.41) is 14.0. The molecule has 3 unspecified atom stereocenters. The summed E-state index contributed by atoms with van der Waals surface area (Å²) in [6.45, 7) is 4.70. The van der Waals surface area contributed by atoms with Crippen molar-refractivity contribution in [2.24, 2.45) is 0 Å². The van der Waals surface area contributed by atoms with E-state index < -0.39 is 20.0 Å². The molecule has 0 bridgehead atoms. The molecular weight excluding hydrogens is 1060 g/mol. The third-order valence-electron chi connectivity index (χ3n) is 15.5. The maximum atomic E-state index is 13.0. The minimum absolute atomic E-state index is 0.0513. The first-order valence-corrected chi connectivity index (χ1v) is 36.8. The predicted molar refractivity (Wildman–Crippen MR) is 369 cm³/mol. The van der Waals surface area contributed by atoms with Crippen molar-refractivity contribution in [2.45, 2.75) is 321 Å². The summed E-state index contributed by atoms with van der Waals surface area (Å²) in [5.41, 5.74) is 0. The monoisotopic (exact) mass is 1190 g/mol. The quantitative estimate of drug-likeness (QED) is 0.0243. The summed E-state index contributed by atoms with van der Waals surface area (Å²) in [4.78, 5) is 23.4. The van der Waals surface area contributed by atoms with E-state index in [-0.39, 0.29) is 19.1 Å². The third-order valence-corrected chi connectivity index (χ3v) is 16.4. The van der Waals surface area contributed by atoms with E-state index in [0.29, 0.717) is 17.4 Å². The number of rotatable bonds is 64. The Morgan fingerprint density at radius 3 is 1.10 bits per heavy atom. The fourth-order valence-electron chi connectivity index (χ4n) is 10.0. The smallest absolute Gasteiger partial charge is 0.387 e. The van der Waals surface area contributed by atoms with Gasteiger partial charge in [0, 0.05) is 6.42 Å². The number of aliphatic hydroxyl groups is 1. The number of phosphoric ester groups is 1. The van der Waals surface area contributed by atoms with Crippen molar-refractivity contribution in [1.29, 1.82) is 0 Å². The molecule has 0 aliphatic carbocycles. The number of likely N-dealkylation sites (N-methyl/N-ethyl adjacent to an activating group) is 1. The third kappa shape index (κ3) is 66.7. The molecule has 0 aliphatic rings. The van der Waals surface area contributed by atoms with Gasteiger partial charge in [0.1, 0.15) is 13.2 Å². The van der Waals surface area contributed by atoms with Gasteiger partial charge in [-0.3, -0.25) is 13.8 Å². The number of amides is 1. The lowest BCUT2D eigenvalue weighted by molar-refractivity contribution is -0.870. The van der Waals surface area contributed by atoms with Crippen LogP contribution >= 0.6 is 7.82 Å². The van der Waals surface area contributed by atoms with Crippen LogP contribution in [-0.4, -0.2) is 73.4 Å². The lowest BCUT2D eigenvalue weighted by Gasteiger charge is -2.25. The SMILES string of the molecule is CC/C=C\C/C=C\C/C=C\C/C=C\C/C=C\C/C=C\CCCCCCCCCCCCCCCCCCCCCCC(=O)NC(COP(=O)(O)OCC[N+](C)(C)C)C(O)/C=C/CC/C=C/CC/C=C/CCCCCCCCCCCCCCC. The minimum atomic E-state index is -4.37. The number of carbonyl (C=O) groups is 1. The van der Waals surface area contributed by atoms with Gasteiger partial charge in [-0.2, -0.15) is 0 Å². The van der Waals surface area contributed by atoms with Gasteiger partial charge in [0.2, 0.25) is 5.91 Å². The molecule has 0 aromatic heterocycles. The van der Waals surface area contributed by atoms with Gasteiger partial charge in [-0.1, -0.05) is 316 Å². The molecule has 0 aromatic carbocycles. The summed E-state index contributed by atoms with van der Waals surface area (Å²) in [6.07, 6.45) is 95.3. The van der Waals surface area contributed by atoms with Gasteiger partial charge < -0.3 is 19.8 Å². The zero-order valence-corrected chi connectivity index (χ0v) is 56.5. The molecule has 1 amide bonds. The number of hydrogen-bond donors (Lipinski definition) is 3. The summed E-state index contributed by atoms with van der Waals surface area (Å²) in [7, 11) is 1.55. The van der Waals surface area contributed by atoms with Crippen LogP contribution in [0.4, 0.5) is 0 Å². The fraction of sp³-hybridized carbons (Fsp3) is 0.747. The van der Waals surface area contributed by atoms with Crippen LogP contribution in [0, 0.1) is 0 Å². The van der Waals surface area contributed by atoms with Crippen LogP contribution in [0.1, 0.15) is 309 Å². The molecule has 8 nitrogen and oxygen atoms in total. The average molecular weight is 1190 g/mol. The van der Waals surface area contributed by atoms with Crippen LogP contribution in [-0.2, 0) is 18.4 Å². The van der Waals surface area contributed by atoms with Crippen LogP contribution in [0.3, 0.4) is 0 Å². The van der Waals surface area contributed by atoms with Crippen molar-refractivity contribution < 1.29 is 32.9 Å². The molecule has 0 fully saturated rings. The van der Waals surface area contributed by atoms with E-state index in [9.17, 15) is 19.4 Å². The van der Waals surface area contributed by atoms with Gasteiger partial charge in [0.05, 0.1) is 39.9 Å². The number of nitrogens with one attached hydrogen (secondary N) is 1. The van der Waals surface area contributed by atoms with E-state index in [1.807, 2.05) is 27.2 Å². The number of quaternary nitrogens is 1. The second-order valence-electron chi connectivity index (χ2n) is 24.9. The summed E-state index contributed by atoms with van der Waals surface area (Å²) in [5.74, 6) is -0.189. The van der Waals surface area contributed by atoms with Gasteiger partial charge in [0.15, 0.2) is 0 Å². The Balaban J connectivity index is 4.06. The Morgan fingerprint density at radius 1 is 0.417 bits per heavy atom. The van der Waals surface area contributed by atoms with Gasteiger partial charge in [-0.05, 0) is 96.3 Å². The van der Waals surface area contributed by atoms with Crippen molar-refractivity contribution >= 4 is 13.7 Å². The minimum Gasteiger partial charge on any atom is -0.387 e. The highest BCUT2D eigenvalue weighted by atomic mass is 31.2. The first-order valence-electron chi connectivity index (χ1n) is 35.3. The highest BCUT2D eigenvalue weighted by molar-refractivity contribution is 7.47. The first-order chi connectivity index (χ1) is 41.0. The molecule has 0 rings (SSSR count). The van der Waals surface area contributed by atoms with Crippen LogP contribution < -0.4 is 5.32 Å². The molecule has 486 valence electrons. The van der Waals surface area contributed by atoms with Gasteiger partial charge in [-0.15, -0.1) is 0 Å². The number of phosphoric acid groups is 1. The van der Waals surface area contributed by atoms with E-state index >= 15 is 0 Å². The number of unbranched alkanes of at least 4 members (excludes halogenated alkanes) is 35. The van der Waals surface area contributed by atoms with Crippen molar-refractivity contribution in [3.05, 3.63) is 109 Å². The summed E-state index contributed by atoms with van der Waals surface area (Å²) in [6, 6.07) is -0.875. The molecule has 0 radical (unpaired) electrons. The lowest BCUT2D eigenvalue weighted by atomic mass is 10.0. The molecule has 0 saturated heterocycles. The zero-order valence-electron chi connectivity index (χ0n) is 55.6. The summed E-state index contributed by atoms with van der Waals surface area (Å²) < 4.78 is 23.8. The Kier molecular flexibility index (Phi) is 62.4. The predicted octanol–water partition coefficient (Wildman–Crippen LogP) is 22.7. The molecule has 84 heavy (non-hydrogen) atoms. The molecule has 0 aliphatic heterocycles. The lowest BCUT2D eigenvalue weighted by Crippen LogP contribution is -2.45. The average Bonchev–Trinajstić information content (AvgIpc) is 3.56. The van der Waals surface area contributed by atoms with E-state index in [2.05, 4.69) is 116 Å². The maximum absolute atomic E-state index is 13.0. The Hall–Kier alpha value is -2.84. The van der Waals surface area contributed by atoms with E-state index in [1.54, 1.807) is 6.08 Å². The Morgan fingerprint density at radius 2 is 0.726 bits per heavy atom. The molecule has 9 heteroatoms. The first kappa shape index (κ1) is 81.2. The second-order valence-corrected chi connectivity index (χ2v) is 26.3. The van der Waals surface area contributed by atoms with Gasteiger partial charge in [0.25, 0.3) is 0 Å². The number of nitrogens with zero attached hydrogens (tertiary/aromatic N) is 1. The number of carbonyl (C=O) groups excluding carboxylic acids is 1. The number of aliphatic hydroxyl groups excluding tert-OH is 1. The molecular formula is C75H136N2O6P+. The van der Waals surface area contributed by atoms with Crippen LogP contribution in [0.5, 0.6) is 0 Å². The molecule has 3 atom stereocenters. The topological polar surface area (TPSA) is 105 Å². The normalized spacial score (nSPS) is 14.3. The summed E-state index contributed by atoms with van der Waals surface area (Å²) >= 11 is 0. The van der Waals surface area contributed by atoms with Gasteiger partial charge in [-0.25, -0.2) is 4.57 Å². The fourth-order valence-corrected chi connectivity index (χ4v) is 10.8. The van der Waals surface area contributed by atoms with E-state index in [4.69, 9.17) is 9.05 Å². The molecule has 0 aromatic rings. The Labute approximate surface area is 521 Å². The van der Waals surface area contributed by atoms with Crippen molar-refractivity contribution in [1.82, 2.24) is 5.32 Å². The van der Waals surface area contributed by atoms with Crippen LogP contribution in [0.25, 0.3) is 0 Å². The highest BCUT2D eigenvalue weighted by Crippen LogP contribution is 2.43. The molecule has 0 saturated carbocycles. The van der Waals surface area contributed by atoms with Gasteiger partial charge >= 0.3 is 7.82 Å². The number of allylic oxidation sites excluding steroid dienone is 17. The molecule has 0 heterocycles. The second kappa shape index (κ2) is 64.6.